The number of ether oxygens (including phenoxy) is 1. The van der Waals surface area contributed by atoms with Crippen LogP contribution in [0.4, 0.5) is 17.1 Å². The first-order valence-electron chi connectivity index (χ1n) is 16.1. The Hall–Kier alpha value is -4.42. The number of nitrogens with one attached hydrogen (secondary N) is 3. The Morgan fingerprint density at radius 3 is 2.35 bits per heavy atom. The number of dihydropyridines is 1. The molecule has 0 radical (unpaired) electrons. The quantitative estimate of drug-likeness (QED) is 0.235. The van der Waals surface area contributed by atoms with E-state index in [9.17, 15) is 13.2 Å². The first-order chi connectivity index (χ1) is 22.5. The van der Waals surface area contributed by atoms with Crippen LogP contribution in [-0.2, 0) is 15.4 Å². The van der Waals surface area contributed by atoms with Gasteiger partial charge < -0.3 is 26.0 Å². The molecular formula is C36H49N7O4S. The van der Waals surface area contributed by atoms with Gasteiger partial charge in [-0.3, -0.25) is 14.5 Å². The summed E-state index contributed by atoms with van der Waals surface area (Å²) < 4.78 is 32.4. The first-order valence-corrected chi connectivity index (χ1v) is 18.0. The second-order valence-corrected chi connectivity index (χ2v) is 15.3. The summed E-state index contributed by atoms with van der Waals surface area (Å²) in [5, 5.41) is 6.19. The number of carbonyl (C=O) groups excluding carboxylic acids is 1. The fourth-order valence-electron chi connectivity index (χ4n) is 5.75. The molecule has 1 fully saturated rings. The zero-order valence-electron chi connectivity index (χ0n) is 29.3. The normalized spacial score (nSPS) is 18.0. The highest BCUT2D eigenvalue weighted by atomic mass is 32.2. The van der Waals surface area contributed by atoms with E-state index in [0.29, 0.717) is 46.1 Å². The van der Waals surface area contributed by atoms with Gasteiger partial charge in [0, 0.05) is 35.1 Å². The van der Waals surface area contributed by atoms with E-state index in [4.69, 9.17) is 15.5 Å². The maximum atomic E-state index is 13.7. The van der Waals surface area contributed by atoms with Crippen LogP contribution in [0.1, 0.15) is 68.9 Å². The molecule has 5 N–H and O–H groups in total. The summed E-state index contributed by atoms with van der Waals surface area (Å²) in [6.07, 6.45) is 8.50. The number of benzene rings is 2. The van der Waals surface area contributed by atoms with E-state index in [1.54, 1.807) is 24.3 Å². The molecule has 48 heavy (non-hydrogen) atoms. The fourth-order valence-corrected chi connectivity index (χ4v) is 6.30. The number of anilines is 3. The van der Waals surface area contributed by atoms with Gasteiger partial charge in [-0.25, -0.2) is 13.4 Å². The number of hydrogen-bond donors (Lipinski definition) is 4. The number of sulfonamides is 1. The number of methoxy groups -OCH3 is 1. The SMILES string of the molecule is C=C/N=C1/C=CC(C2CCN(C(C)C)CC2)=N/C1=C(/N)Nc1cc(C(=O)Nc2cc(C(C)(C)C)cc(NS(C)(=O)=O)c2OC)ccc1C. The topological polar surface area (TPSA) is 151 Å². The van der Waals surface area contributed by atoms with E-state index < -0.39 is 15.9 Å². The van der Waals surface area contributed by atoms with Gasteiger partial charge in [-0.15, -0.1) is 0 Å². The molecule has 2 aromatic rings. The summed E-state index contributed by atoms with van der Waals surface area (Å²) in [6.45, 7) is 18.1. The lowest BCUT2D eigenvalue weighted by Gasteiger charge is -2.35. The lowest BCUT2D eigenvalue weighted by Crippen LogP contribution is -2.40. The van der Waals surface area contributed by atoms with Crippen molar-refractivity contribution < 1.29 is 17.9 Å². The highest BCUT2D eigenvalue weighted by Gasteiger charge is 2.27. The Morgan fingerprint density at radius 1 is 1.10 bits per heavy atom. The number of nitrogens with two attached hydrogens (primary N) is 1. The summed E-state index contributed by atoms with van der Waals surface area (Å²) in [6, 6.07) is 9.27. The van der Waals surface area contributed by atoms with Gasteiger partial charge >= 0.3 is 0 Å². The van der Waals surface area contributed by atoms with Crippen LogP contribution < -0.4 is 25.8 Å². The molecule has 1 saturated heterocycles. The number of likely N-dealkylation sites (tertiary alicyclic amines) is 1. The number of allylic oxidation sites excluding steroid dienone is 2. The van der Waals surface area contributed by atoms with E-state index in [1.165, 1.54) is 13.3 Å². The minimum absolute atomic E-state index is 0.198. The molecule has 0 saturated carbocycles. The van der Waals surface area contributed by atoms with Gasteiger partial charge in [0.2, 0.25) is 10.0 Å². The molecule has 4 rings (SSSR count). The van der Waals surface area contributed by atoms with Crippen LogP contribution in [0, 0.1) is 12.8 Å². The summed E-state index contributed by atoms with van der Waals surface area (Å²) in [4.78, 5) is 25.5. The average Bonchev–Trinajstić information content (AvgIpc) is 3.01. The largest absolute Gasteiger partial charge is 0.492 e. The van der Waals surface area contributed by atoms with Crippen LogP contribution in [0.2, 0.25) is 0 Å². The predicted octanol–water partition coefficient (Wildman–Crippen LogP) is 6.18. The smallest absolute Gasteiger partial charge is 0.255 e. The molecular weight excluding hydrogens is 627 g/mol. The Kier molecular flexibility index (Phi) is 11.2. The lowest BCUT2D eigenvalue weighted by atomic mass is 9.86. The van der Waals surface area contributed by atoms with Crippen molar-refractivity contribution in [2.75, 3.05) is 41.8 Å². The molecule has 0 atom stereocenters. The average molecular weight is 676 g/mol. The Labute approximate surface area is 285 Å². The second-order valence-electron chi connectivity index (χ2n) is 13.6. The predicted molar refractivity (Wildman–Crippen MR) is 198 cm³/mol. The molecule has 2 aliphatic rings. The van der Waals surface area contributed by atoms with Crippen molar-refractivity contribution in [3.05, 3.63) is 83.5 Å². The fraction of sp³-hybridized carbons (Fsp3) is 0.417. The van der Waals surface area contributed by atoms with Crippen molar-refractivity contribution in [1.29, 1.82) is 0 Å². The minimum atomic E-state index is -3.62. The molecule has 258 valence electrons. The monoisotopic (exact) mass is 675 g/mol. The van der Waals surface area contributed by atoms with Gasteiger partial charge in [0.1, 0.15) is 11.5 Å². The van der Waals surface area contributed by atoms with Gasteiger partial charge in [-0.05, 0) is 99.7 Å². The van der Waals surface area contributed by atoms with E-state index in [1.807, 2.05) is 45.9 Å². The van der Waals surface area contributed by atoms with Gasteiger partial charge in [0.15, 0.2) is 5.75 Å². The molecule has 12 heteroatoms. The number of rotatable bonds is 10. The Morgan fingerprint density at radius 2 is 1.77 bits per heavy atom. The Balaban J connectivity index is 1.65. The van der Waals surface area contributed by atoms with E-state index in [-0.39, 0.29) is 16.9 Å². The molecule has 0 bridgehead atoms. The van der Waals surface area contributed by atoms with Crippen molar-refractivity contribution in [3.8, 4) is 5.75 Å². The van der Waals surface area contributed by atoms with Crippen LogP contribution >= 0.6 is 0 Å². The molecule has 0 aromatic heterocycles. The number of aliphatic imine (C=N–C) groups is 2. The molecule has 2 heterocycles. The molecule has 2 aromatic carbocycles. The van der Waals surface area contributed by atoms with Crippen LogP contribution in [0.5, 0.6) is 5.75 Å². The molecule has 2 aliphatic heterocycles. The molecule has 0 spiro atoms. The summed E-state index contributed by atoms with van der Waals surface area (Å²) in [5.74, 6) is 0.402. The van der Waals surface area contributed by atoms with Crippen LogP contribution in [0.25, 0.3) is 0 Å². The van der Waals surface area contributed by atoms with Crippen molar-refractivity contribution >= 4 is 44.4 Å². The van der Waals surface area contributed by atoms with Crippen molar-refractivity contribution in [2.45, 2.75) is 65.8 Å². The number of carbonyl (C=O) groups is 1. The molecule has 11 nitrogen and oxygen atoms in total. The maximum absolute atomic E-state index is 13.7. The number of aryl methyl sites for hydroxylation is 1. The maximum Gasteiger partial charge on any atom is 0.255 e. The number of nitrogens with zero attached hydrogens (tertiary/aromatic N) is 3. The van der Waals surface area contributed by atoms with Gasteiger partial charge in [-0.1, -0.05) is 33.4 Å². The molecule has 1 amide bonds. The zero-order chi connectivity index (χ0) is 35.4. The first kappa shape index (κ1) is 36.4. The van der Waals surface area contributed by atoms with Crippen molar-refractivity contribution in [3.63, 3.8) is 0 Å². The van der Waals surface area contributed by atoms with Crippen LogP contribution in [0.3, 0.4) is 0 Å². The number of hydrogen-bond acceptors (Lipinski definition) is 9. The highest BCUT2D eigenvalue weighted by molar-refractivity contribution is 7.92. The highest BCUT2D eigenvalue weighted by Crippen LogP contribution is 2.39. The zero-order valence-corrected chi connectivity index (χ0v) is 30.1. The van der Waals surface area contributed by atoms with E-state index in [0.717, 1.165) is 49.0 Å². The minimum Gasteiger partial charge on any atom is -0.492 e. The number of piperidine rings is 1. The van der Waals surface area contributed by atoms with Crippen LogP contribution in [-0.4, -0.2) is 63.1 Å². The second kappa shape index (κ2) is 14.8. The Bertz CT molecular complexity index is 1790. The third kappa shape index (κ3) is 8.93. The summed E-state index contributed by atoms with van der Waals surface area (Å²) >= 11 is 0. The third-order valence-corrected chi connectivity index (χ3v) is 9.12. The van der Waals surface area contributed by atoms with Crippen molar-refractivity contribution in [2.24, 2.45) is 21.6 Å². The third-order valence-electron chi connectivity index (χ3n) is 8.53. The molecule has 0 aliphatic carbocycles. The summed E-state index contributed by atoms with van der Waals surface area (Å²) in [7, 11) is -2.20. The van der Waals surface area contributed by atoms with Gasteiger partial charge in [-0.2, -0.15) is 0 Å². The van der Waals surface area contributed by atoms with Gasteiger partial charge in [0.25, 0.3) is 5.91 Å². The van der Waals surface area contributed by atoms with E-state index in [2.05, 4.69) is 45.7 Å². The van der Waals surface area contributed by atoms with Crippen molar-refractivity contribution in [1.82, 2.24) is 4.90 Å². The molecule has 0 unspecified atom stereocenters. The van der Waals surface area contributed by atoms with Crippen LogP contribution in [0.15, 0.2) is 76.8 Å². The van der Waals surface area contributed by atoms with E-state index >= 15 is 0 Å². The standard InChI is InChI=1S/C36H49N7O4S/c1-10-38-28-14-13-27(24-15-17-43(18-16-24)22(2)3)39-32(28)34(37)40-29-19-25(12-11-23(29)4)35(44)41-30-20-26(36(5,6)7)21-31(33(30)47-8)42-48(9,45)46/h10-14,19-22,24,40,42H,1,15-18,37H2,2-9H3,(H,41,44)/b34-32-,38-28-. The summed E-state index contributed by atoms with van der Waals surface area (Å²) in [5.41, 5.74) is 11.6. The van der Waals surface area contributed by atoms with Gasteiger partial charge in [0.05, 0.1) is 30.5 Å². The number of amides is 1. The lowest BCUT2D eigenvalue weighted by molar-refractivity contribution is 0.102.